The minimum atomic E-state index is 0.118. The van der Waals surface area contributed by atoms with Crippen LogP contribution < -0.4 is 4.74 Å². The molecular formula is C10H14ClNO. The van der Waals surface area contributed by atoms with Crippen molar-refractivity contribution in [2.75, 3.05) is 7.11 Å². The highest BCUT2D eigenvalue weighted by Crippen LogP contribution is 2.24. The Morgan fingerprint density at radius 2 is 2.15 bits per heavy atom. The second-order valence-electron chi connectivity index (χ2n) is 3.10. The lowest BCUT2D eigenvalue weighted by Crippen LogP contribution is -2.05. The van der Waals surface area contributed by atoms with Gasteiger partial charge in [0.2, 0.25) is 5.88 Å². The zero-order chi connectivity index (χ0) is 9.84. The molecule has 0 aromatic carbocycles. The van der Waals surface area contributed by atoms with E-state index in [9.17, 15) is 0 Å². The van der Waals surface area contributed by atoms with E-state index in [0.29, 0.717) is 11.8 Å². The van der Waals surface area contributed by atoms with Crippen LogP contribution in [0.1, 0.15) is 25.3 Å². The maximum atomic E-state index is 6.00. The molecule has 0 saturated heterocycles. The van der Waals surface area contributed by atoms with Crippen molar-refractivity contribution in [3.05, 3.63) is 23.9 Å². The average molecular weight is 200 g/mol. The van der Waals surface area contributed by atoms with Crippen molar-refractivity contribution in [2.24, 2.45) is 0 Å². The van der Waals surface area contributed by atoms with Crippen molar-refractivity contribution in [1.82, 2.24) is 4.98 Å². The number of pyridine rings is 1. The van der Waals surface area contributed by atoms with Gasteiger partial charge in [-0.1, -0.05) is 6.92 Å². The molecule has 2 unspecified atom stereocenters. The van der Waals surface area contributed by atoms with Crippen LogP contribution in [0.4, 0.5) is 0 Å². The third-order valence-electron chi connectivity index (χ3n) is 2.18. The molecule has 0 aliphatic carbocycles. The molecule has 3 heteroatoms. The molecule has 0 amide bonds. The van der Waals surface area contributed by atoms with Gasteiger partial charge in [0.1, 0.15) is 0 Å². The first kappa shape index (κ1) is 10.3. The van der Waals surface area contributed by atoms with E-state index >= 15 is 0 Å². The number of rotatable bonds is 3. The van der Waals surface area contributed by atoms with Gasteiger partial charge >= 0.3 is 0 Å². The smallest absolute Gasteiger partial charge is 0.213 e. The number of hydrogen-bond acceptors (Lipinski definition) is 2. The van der Waals surface area contributed by atoms with Crippen LogP contribution >= 0.6 is 11.6 Å². The van der Waals surface area contributed by atoms with Gasteiger partial charge in [0.25, 0.3) is 0 Å². The summed E-state index contributed by atoms with van der Waals surface area (Å²) in [4.78, 5) is 4.03. The third-order valence-corrected chi connectivity index (χ3v) is 2.56. The fraction of sp³-hybridized carbons (Fsp3) is 0.500. The maximum Gasteiger partial charge on any atom is 0.213 e. The Bertz CT molecular complexity index is 275. The van der Waals surface area contributed by atoms with Crippen LogP contribution in [-0.2, 0) is 0 Å². The molecule has 1 rings (SSSR count). The summed E-state index contributed by atoms with van der Waals surface area (Å²) in [5.74, 6) is 0.959. The van der Waals surface area contributed by atoms with Crippen molar-refractivity contribution >= 4 is 11.6 Å². The number of ether oxygens (including phenoxy) is 1. The number of nitrogens with zero attached hydrogens (tertiary/aromatic N) is 1. The molecule has 0 N–H and O–H groups in total. The first-order valence-electron chi connectivity index (χ1n) is 4.29. The van der Waals surface area contributed by atoms with E-state index in [1.807, 2.05) is 19.1 Å². The van der Waals surface area contributed by atoms with E-state index in [0.717, 1.165) is 5.56 Å². The van der Waals surface area contributed by atoms with Gasteiger partial charge in [0.15, 0.2) is 0 Å². The van der Waals surface area contributed by atoms with Gasteiger partial charge in [0.05, 0.1) is 7.11 Å². The summed E-state index contributed by atoms with van der Waals surface area (Å²) in [7, 11) is 1.61. The predicted molar refractivity (Wildman–Crippen MR) is 54.5 cm³/mol. The maximum absolute atomic E-state index is 6.00. The number of hydrogen-bond donors (Lipinski definition) is 0. The monoisotopic (exact) mass is 199 g/mol. The fourth-order valence-electron chi connectivity index (χ4n) is 1.08. The summed E-state index contributed by atoms with van der Waals surface area (Å²) in [6, 6.07) is 3.88. The zero-order valence-corrected chi connectivity index (χ0v) is 8.88. The third kappa shape index (κ3) is 2.59. The van der Waals surface area contributed by atoms with E-state index in [1.54, 1.807) is 13.3 Å². The van der Waals surface area contributed by atoms with Crippen molar-refractivity contribution < 1.29 is 4.74 Å². The van der Waals surface area contributed by atoms with Crippen molar-refractivity contribution in [3.63, 3.8) is 0 Å². The summed E-state index contributed by atoms with van der Waals surface area (Å²) in [6.45, 7) is 4.07. The lowest BCUT2D eigenvalue weighted by atomic mass is 10.00. The molecule has 1 heterocycles. The van der Waals surface area contributed by atoms with E-state index < -0.39 is 0 Å². The molecule has 0 bridgehead atoms. The van der Waals surface area contributed by atoms with Gasteiger partial charge in [-0.2, -0.15) is 0 Å². The number of methoxy groups -OCH3 is 1. The molecule has 0 spiro atoms. The largest absolute Gasteiger partial charge is 0.481 e. The Balaban J connectivity index is 2.88. The summed E-state index contributed by atoms with van der Waals surface area (Å²) in [5.41, 5.74) is 1.16. The van der Waals surface area contributed by atoms with Crippen LogP contribution in [0.15, 0.2) is 18.3 Å². The van der Waals surface area contributed by atoms with Crippen molar-refractivity contribution in [3.8, 4) is 5.88 Å². The van der Waals surface area contributed by atoms with Gasteiger partial charge in [-0.25, -0.2) is 4.98 Å². The average Bonchev–Trinajstić information content (AvgIpc) is 2.16. The first-order chi connectivity index (χ1) is 6.15. The Kier molecular flexibility index (Phi) is 3.55. The second-order valence-corrected chi connectivity index (χ2v) is 3.79. The van der Waals surface area contributed by atoms with Crippen LogP contribution in [-0.4, -0.2) is 17.5 Å². The highest BCUT2D eigenvalue weighted by molar-refractivity contribution is 6.20. The lowest BCUT2D eigenvalue weighted by Gasteiger charge is -2.14. The van der Waals surface area contributed by atoms with Crippen LogP contribution in [0.2, 0.25) is 0 Å². The SMILES string of the molecule is COc1cc(C(C)C(C)Cl)ccn1. The van der Waals surface area contributed by atoms with Gasteiger partial charge in [-0.05, 0) is 24.5 Å². The molecule has 1 aromatic rings. The quantitative estimate of drug-likeness (QED) is 0.699. The standard InChI is InChI=1S/C10H14ClNO/c1-7(8(2)11)9-4-5-12-10(6-9)13-3/h4-8H,1-3H3. The van der Waals surface area contributed by atoms with E-state index in [2.05, 4.69) is 11.9 Å². The van der Waals surface area contributed by atoms with E-state index in [4.69, 9.17) is 16.3 Å². The lowest BCUT2D eigenvalue weighted by molar-refractivity contribution is 0.397. The number of halogens is 1. The molecule has 2 atom stereocenters. The van der Waals surface area contributed by atoms with Crippen LogP contribution in [0.3, 0.4) is 0 Å². The van der Waals surface area contributed by atoms with Crippen molar-refractivity contribution in [2.45, 2.75) is 25.1 Å². The van der Waals surface area contributed by atoms with Crippen LogP contribution in [0, 0.1) is 0 Å². The molecule has 0 radical (unpaired) electrons. The molecule has 1 aromatic heterocycles. The molecule has 13 heavy (non-hydrogen) atoms. The molecule has 0 aliphatic rings. The van der Waals surface area contributed by atoms with E-state index in [-0.39, 0.29) is 5.38 Å². The van der Waals surface area contributed by atoms with Gasteiger partial charge in [0, 0.05) is 17.6 Å². The molecule has 72 valence electrons. The summed E-state index contributed by atoms with van der Waals surface area (Å²) < 4.78 is 5.03. The van der Waals surface area contributed by atoms with Crippen LogP contribution in [0.25, 0.3) is 0 Å². The van der Waals surface area contributed by atoms with E-state index in [1.165, 1.54) is 0 Å². The van der Waals surface area contributed by atoms with Crippen LogP contribution in [0.5, 0.6) is 5.88 Å². The van der Waals surface area contributed by atoms with Gasteiger partial charge in [-0.15, -0.1) is 11.6 Å². The Morgan fingerprint density at radius 3 is 2.69 bits per heavy atom. The highest BCUT2D eigenvalue weighted by atomic mass is 35.5. The topological polar surface area (TPSA) is 22.1 Å². The predicted octanol–water partition coefficient (Wildman–Crippen LogP) is 2.82. The Labute approximate surface area is 83.9 Å². The van der Waals surface area contributed by atoms with Crippen molar-refractivity contribution in [1.29, 1.82) is 0 Å². The fourth-order valence-corrected chi connectivity index (χ4v) is 1.23. The Hall–Kier alpha value is -0.760. The first-order valence-corrected chi connectivity index (χ1v) is 4.72. The minimum Gasteiger partial charge on any atom is -0.481 e. The molecule has 0 saturated carbocycles. The normalized spacial score (nSPS) is 15.1. The molecule has 2 nitrogen and oxygen atoms in total. The number of alkyl halides is 1. The number of aromatic nitrogens is 1. The molecular weight excluding hydrogens is 186 g/mol. The Morgan fingerprint density at radius 1 is 1.46 bits per heavy atom. The summed E-state index contributed by atoms with van der Waals surface area (Å²) in [5, 5.41) is 0.118. The zero-order valence-electron chi connectivity index (χ0n) is 8.12. The minimum absolute atomic E-state index is 0.118. The molecule has 0 fully saturated rings. The summed E-state index contributed by atoms with van der Waals surface area (Å²) >= 11 is 6.00. The summed E-state index contributed by atoms with van der Waals surface area (Å²) in [6.07, 6.45) is 1.74. The molecule has 0 aliphatic heterocycles. The second kappa shape index (κ2) is 4.47. The van der Waals surface area contributed by atoms with Gasteiger partial charge in [-0.3, -0.25) is 0 Å². The van der Waals surface area contributed by atoms with Gasteiger partial charge < -0.3 is 4.74 Å². The highest BCUT2D eigenvalue weighted by Gasteiger charge is 2.12.